The van der Waals surface area contributed by atoms with Crippen molar-refractivity contribution < 1.29 is 23.5 Å². The third kappa shape index (κ3) is 7.82. The summed E-state index contributed by atoms with van der Waals surface area (Å²) >= 11 is 1.52. The van der Waals surface area contributed by atoms with Crippen molar-refractivity contribution in [3.63, 3.8) is 0 Å². The minimum absolute atomic E-state index is 0.188. The van der Waals surface area contributed by atoms with E-state index in [-0.39, 0.29) is 12.2 Å². The van der Waals surface area contributed by atoms with E-state index in [1.807, 2.05) is 12.3 Å². The fraction of sp³-hybridized carbons (Fsp3) is 0.250. The Labute approximate surface area is 172 Å². The van der Waals surface area contributed by atoms with Crippen LogP contribution in [0.15, 0.2) is 54.6 Å². The number of hydrogen-bond donors (Lipinski definition) is 3. The minimum atomic E-state index is -0.845. The zero-order valence-corrected chi connectivity index (χ0v) is 16.6. The Balaban J connectivity index is 1.86. The molecule has 0 aliphatic heterocycles. The van der Waals surface area contributed by atoms with Crippen LogP contribution < -0.4 is 20.9 Å². The number of hydrogen-bond acceptors (Lipinski definition) is 5. The van der Waals surface area contributed by atoms with E-state index in [1.54, 1.807) is 24.3 Å². The van der Waals surface area contributed by atoms with Gasteiger partial charge >= 0.3 is 0 Å². The molecule has 29 heavy (non-hydrogen) atoms. The molecule has 0 radical (unpaired) electrons. The van der Waals surface area contributed by atoms with Crippen LogP contribution in [-0.2, 0) is 9.59 Å². The van der Waals surface area contributed by atoms with Crippen LogP contribution in [0, 0.1) is 5.82 Å². The van der Waals surface area contributed by atoms with Crippen LogP contribution in [0.2, 0.25) is 0 Å². The van der Waals surface area contributed by atoms with E-state index in [1.165, 1.54) is 23.9 Å². The normalized spacial score (nSPS) is 11.2. The lowest BCUT2D eigenvalue weighted by Gasteiger charge is -2.18. The molecule has 0 fully saturated rings. The second kappa shape index (κ2) is 11.7. The molecule has 9 heteroatoms. The molecule has 0 aliphatic rings. The summed E-state index contributed by atoms with van der Waals surface area (Å²) in [6.07, 6.45) is 2.25. The number of nitrogens with one attached hydrogen (secondary N) is 3. The van der Waals surface area contributed by atoms with E-state index in [2.05, 4.69) is 16.2 Å². The number of benzene rings is 2. The highest BCUT2D eigenvalue weighted by Gasteiger charge is 2.21. The van der Waals surface area contributed by atoms with Gasteiger partial charge in [-0.1, -0.05) is 18.2 Å². The van der Waals surface area contributed by atoms with Crippen LogP contribution in [0.25, 0.3) is 0 Å². The summed E-state index contributed by atoms with van der Waals surface area (Å²) in [6, 6.07) is 12.9. The molecule has 0 saturated carbocycles. The molecule has 0 aliphatic carbocycles. The summed E-state index contributed by atoms with van der Waals surface area (Å²) in [5.74, 6) is -0.921. The third-order valence-electron chi connectivity index (χ3n) is 3.78. The van der Waals surface area contributed by atoms with Crippen molar-refractivity contribution >= 4 is 29.5 Å². The van der Waals surface area contributed by atoms with Crippen LogP contribution in [-0.4, -0.2) is 42.4 Å². The molecule has 0 saturated heterocycles. The van der Waals surface area contributed by atoms with Gasteiger partial charge in [0.25, 0.3) is 17.7 Å². The van der Waals surface area contributed by atoms with Crippen molar-refractivity contribution in [3.05, 3.63) is 66.0 Å². The molecule has 7 nitrogen and oxygen atoms in total. The summed E-state index contributed by atoms with van der Waals surface area (Å²) in [4.78, 5) is 36.6. The van der Waals surface area contributed by atoms with Crippen LogP contribution in [0.5, 0.6) is 5.75 Å². The van der Waals surface area contributed by atoms with E-state index in [9.17, 15) is 18.8 Å². The van der Waals surface area contributed by atoms with Gasteiger partial charge < -0.3 is 10.1 Å². The quantitative estimate of drug-likeness (QED) is 0.540. The molecular formula is C20H22FN3O4S. The number of rotatable bonds is 9. The predicted octanol–water partition coefficient (Wildman–Crippen LogP) is 1.90. The van der Waals surface area contributed by atoms with Gasteiger partial charge in [0.1, 0.15) is 17.6 Å². The first-order valence-corrected chi connectivity index (χ1v) is 10.2. The minimum Gasteiger partial charge on any atom is -0.484 e. The van der Waals surface area contributed by atoms with Crippen molar-refractivity contribution in [2.24, 2.45) is 0 Å². The van der Waals surface area contributed by atoms with E-state index in [0.717, 1.165) is 12.1 Å². The third-order valence-corrected chi connectivity index (χ3v) is 4.43. The number of para-hydroxylation sites is 1. The Morgan fingerprint density at radius 1 is 1.03 bits per heavy atom. The second-order valence-corrected chi connectivity index (χ2v) is 6.94. The summed E-state index contributed by atoms with van der Waals surface area (Å²) < 4.78 is 18.3. The number of amides is 3. The van der Waals surface area contributed by atoms with Gasteiger partial charge in [-0.3, -0.25) is 25.2 Å². The first-order valence-electron chi connectivity index (χ1n) is 8.81. The lowest BCUT2D eigenvalue weighted by molar-refractivity contribution is -0.130. The molecule has 0 spiro atoms. The lowest BCUT2D eigenvalue weighted by atomic mass is 10.2. The van der Waals surface area contributed by atoms with Gasteiger partial charge in [-0.25, -0.2) is 4.39 Å². The Hall–Kier alpha value is -3.07. The Kier molecular flexibility index (Phi) is 8.97. The Bertz CT molecular complexity index is 818. The maximum absolute atomic E-state index is 12.9. The maximum Gasteiger partial charge on any atom is 0.269 e. The molecule has 3 amide bonds. The van der Waals surface area contributed by atoms with Gasteiger partial charge in [-0.05, 0) is 54.8 Å². The highest BCUT2D eigenvalue weighted by atomic mass is 32.2. The number of thioether (sulfide) groups is 1. The lowest BCUT2D eigenvalue weighted by Crippen LogP contribution is -2.53. The van der Waals surface area contributed by atoms with Crippen molar-refractivity contribution in [2.75, 3.05) is 18.6 Å². The largest absolute Gasteiger partial charge is 0.484 e. The molecule has 3 N–H and O–H groups in total. The molecule has 0 aromatic heterocycles. The topological polar surface area (TPSA) is 96.5 Å². The summed E-state index contributed by atoms with van der Waals surface area (Å²) in [7, 11) is 0. The summed E-state index contributed by atoms with van der Waals surface area (Å²) in [5, 5.41) is 2.60. The highest BCUT2D eigenvalue weighted by molar-refractivity contribution is 7.98. The van der Waals surface area contributed by atoms with Crippen molar-refractivity contribution in [2.45, 2.75) is 12.5 Å². The average molecular weight is 419 g/mol. The predicted molar refractivity (Wildman–Crippen MR) is 109 cm³/mol. The SMILES string of the molecule is CSCC[C@H](NC(=O)COc1ccccc1)C(=O)NNC(=O)c1ccc(F)cc1. The van der Waals surface area contributed by atoms with Crippen molar-refractivity contribution in [1.82, 2.24) is 16.2 Å². The average Bonchev–Trinajstić information content (AvgIpc) is 2.74. The van der Waals surface area contributed by atoms with E-state index in [4.69, 9.17) is 4.74 Å². The standard InChI is InChI=1S/C20H22FN3O4S/c1-29-12-11-17(22-18(25)13-28-16-5-3-2-4-6-16)20(27)24-23-19(26)14-7-9-15(21)10-8-14/h2-10,17H,11-13H2,1H3,(H,22,25)(H,23,26)(H,24,27)/t17-/m0/s1. The molecule has 0 unspecified atom stereocenters. The highest BCUT2D eigenvalue weighted by Crippen LogP contribution is 2.08. The fourth-order valence-electron chi connectivity index (χ4n) is 2.29. The van der Waals surface area contributed by atoms with Gasteiger partial charge in [-0.15, -0.1) is 0 Å². The molecule has 154 valence electrons. The molecular weight excluding hydrogens is 397 g/mol. The Morgan fingerprint density at radius 3 is 2.38 bits per heavy atom. The zero-order valence-electron chi connectivity index (χ0n) is 15.8. The fourth-order valence-corrected chi connectivity index (χ4v) is 2.76. The van der Waals surface area contributed by atoms with Crippen LogP contribution in [0.1, 0.15) is 16.8 Å². The van der Waals surface area contributed by atoms with E-state index < -0.39 is 29.6 Å². The first-order chi connectivity index (χ1) is 14.0. The number of carbonyl (C=O) groups is 3. The van der Waals surface area contributed by atoms with Crippen LogP contribution >= 0.6 is 11.8 Å². The molecule has 2 aromatic carbocycles. The summed E-state index contributed by atoms with van der Waals surface area (Å²) in [6.45, 7) is -0.241. The van der Waals surface area contributed by atoms with Gasteiger partial charge in [0.05, 0.1) is 0 Å². The van der Waals surface area contributed by atoms with Crippen molar-refractivity contribution in [3.8, 4) is 5.75 Å². The molecule has 2 rings (SSSR count). The van der Waals surface area contributed by atoms with Gasteiger partial charge in [0.15, 0.2) is 6.61 Å². The van der Waals surface area contributed by atoms with Crippen LogP contribution in [0.4, 0.5) is 4.39 Å². The van der Waals surface area contributed by atoms with Gasteiger partial charge in [0, 0.05) is 5.56 Å². The van der Waals surface area contributed by atoms with Crippen LogP contribution in [0.3, 0.4) is 0 Å². The number of carbonyl (C=O) groups excluding carboxylic acids is 3. The van der Waals surface area contributed by atoms with Gasteiger partial charge in [0.2, 0.25) is 0 Å². The molecule has 1 atom stereocenters. The first kappa shape index (κ1) is 22.2. The smallest absolute Gasteiger partial charge is 0.269 e. The number of hydrazine groups is 1. The van der Waals surface area contributed by atoms with Crippen molar-refractivity contribution in [1.29, 1.82) is 0 Å². The molecule has 0 heterocycles. The van der Waals surface area contributed by atoms with E-state index >= 15 is 0 Å². The number of halogens is 1. The monoisotopic (exact) mass is 419 g/mol. The Morgan fingerprint density at radius 2 is 1.72 bits per heavy atom. The van der Waals surface area contributed by atoms with E-state index in [0.29, 0.717) is 17.9 Å². The summed E-state index contributed by atoms with van der Waals surface area (Å²) in [5.41, 5.74) is 4.73. The molecule has 2 aromatic rings. The maximum atomic E-state index is 12.9. The second-order valence-electron chi connectivity index (χ2n) is 5.95. The van der Waals surface area contributed by atoms with Gasteiger partial charge in [-0.2, -0.15) is 11.8 Å². The molecule has 0 bridgehead atoms. The number of ether oxygens (including phenoxy) is 1. The zero-order chi connectivity index (χ0) is 21.1.